The van der Waals surface area contributed by atoms with Crippen molar-refractivity contribution >= 4 is 11.6 Å². The van der Waals surface area contributed by atoms with Crippen molar-refractivity contribution in [2.24, 2.45) is 0 Å². The molecule has 0 aliphatic heterocycles. The van der Waals surface area contributed by atoms with Crippen molar-refractivity contribution in [3.63, 3.8) is 0 Å². The maximum absolute atomic E-state index is 12.5. The van der Waals surface area contributed by atoms with Crippen molar-refractivity contribution in [1.82, 2.24) is 9.78 Å². The third kappa shape index (κ3) is 3.59. The van der Waals surface area contributed by atoms with Crippen LogP contribution in [0, 0.1) is 6.92 Å². The van der Waals surface area contributed by atoms with Crippen LogP contribution in [0.2, 0.25) is 0 Å². The standard InChI is InChI=1S/C18H23N3O3/c1-13-17(12-19-21(13)15-4-2-3-5-15)18(23)20-14-6-8-16(9-7-14)24-11-10-22/h6-9,12,15,22H,2-5,10-11H2,1H3,(H,20,23). The molecule has 2 N–H and O–H groups in total. The van der Waals surface area contributed by atoms with Gasteiger partial charge in [0.15, 0.2) is 0 Å². The molecule has 0 atom stereocenters. The molecule has 2 aromatic rings. The first-order chi connectivity index (χ1) is 11.7. The molecule has 1 heterocycles. The van der Waals surface area contributed by atoms with Gasteiger partial charge in [-0.25, -0.2) is 0 Å². The molecule has 3 rings (SSSR count). The molecule has 0 unspecified atom stereocenters. The Kier molecular flexibility index (Phi) is 5.15. The van der Waals surface area contributed by atoms with Gasteiger partial charge in [-0.1, -0.05) is 12.8 Å². The van der Waals surface area contributed by atoms with E-state index in [9.17, 15) is 4.79 Å². The predicted molar refractivity (Wildman–Crippen MR) is 91.4 cm³/mol. The monoisotopic (exact) mass is 329 g/mol. The number of rotatable bonds is 6. The van der Waals surface area contributed by atoms with Gasteiger partial charge >= 0.3 is 0 Å². The third-order valence-corrected chi connectivity index (χ3v) is 4.43. The second kappa shape index (κ2) is 7.49. The van der Waals surface area contributed by atoms with E-state index in [-0.39, 0.29) is 19.1 Å². The van der Waals surface area contributed by atoms with Crippen molar-refractivity contribution in [1.29, 1.82) is 0 Å². The Bertz CT molecular complexity index is 688. The topological polar surface area (TPSA) is 76.4 Å². The molecule has 128 valence electrons. The molecule has 6 heteroatoms. The van der Waals surface area contributed by atoms with Crippen LogP contribution < -0.4 is 10.1 Å². The first kappa shape index (κ1) is 16.5. The van der Waals surface area contributed by atoms with Gasteiger partial charge in [0.25, 0.3) is 5.91 Å². The molecule has 6 nitrogen and oxygen atoms in total. The second-order valence-electron chi connectivity index (χ2n) is 6.08. The van der Waals surface area contributed by atoms with Crippen LogP contribution in [0.1, 0.15) is 47.8 Å². The lowest BCUT2D eigenvalue weighted by Gasteiger charge is -2.12. The lowest BCUT2D eigenvalue weighted by Crippen LogP contribution is -2.14. The van der Waals surface area contributed by atoms with Gasteiger partial charge in [0.2, 0.25) is 0 Å². The second-order valence-corrected chi connectivity index (χ2v) is 6.08. The summed E-state index contributed by atoms with van der Waals surface area (Å²) in [6.45, 7) is 2.18. The van der Waals surface area contributed by atoms with Gasteiger partial charge in [-0.2, -0.15) is 5.10 Å². The zero-order valence-corrected chi connectivity index (χ0v) is 13.9. The highest BCUT2D eigenvalue weighted by atomic mass is 16.5. The van der Waals surface area contributed by atoms with Crippen LogP contribution in [-0.4, -0.2) is 34.0 Å². The van der Waals surface area contributed by atoms with E-state index in [1.54, 1.807) is 30.5 Å². The molecule has 1 saturated carbocycles. The maximum atomic E-state index is 12.5. The quantitative estimate of drug-likeness (QED) is 0.854. The average molecular weight is 329 g/mol. The first-order valence-electron chi connectivity index (χ1n) is 8.38. The van der Waals surface area contributed by atoms with Crippen LogP contribution in [0.3, 0.4) is 0 Å². The number of nitrogens with one attached hydrogen (secondary N) is 1. The molecule has 0 saturated heterocycles. The summed E-state index contributed by atoms with van der Waals surface area (Å²) in [6.07, 6.45) is 6.39. The van der Waals surface area contributed by atoms with Crippen LogP contribution in [0.4, 0.5) is 5.69 Å². The van der Waals surface area contributed by atoms with Gasteiger partial charge < -0.3 is 15.2 Å². The highest BCUT2D eigenvalue weighted by molar-refractivity contribution is 6.04. The number of hydrogen-bond acceptors (Lipinski definition) is 4. The number of amides is 1. The van der Waals surface area contributed by atoms with E-state index < -0.39 is 0 Å². The van der Waals surface area contributed by atoms with Crippen molar-refractivity contribution < 1.29 is 14.6 Å². The van der Waals surface area contributed by atoms with Crippen LogP contribution in [0.25, 0.3) is 0 Å². The fourth-order valence-corrected chi connectivity index (χ4v) is 3.16. The van der Waals surface area contributed by atoms with Gasteiger partial charge in [0, 0.05) is 11.4 Å². The van der Waals surface area contributed by atoms with Crippen LogP contribution in [-0.2, 0) is 0 Å². The van der Waals surface area contributed by atoms with E-state index in [4.69, 9.17) is 9.84 Å². The fraction of sp³-hybridized carbons (Fsp3) is 0.444. The Balaban J connectivity index is 1.66. The molecule has 1 amide bonds. The van der Waals surface area contributed by atoms with Crippen molar-refractivity contribution in [2.75, 3.05) is 18.5 Å². The molecule has 24 heavy (non-hydrogen) atoms. The zero-order valence-electron chi connectivity index (χ0n) is 13.9. The smallest absolute Gasteiger partial charge is 0.259 e. The summed E-state index contributed by atoms with van der Waals surface area (Å²) in [5.41, 5.74) is 2.23. The lowest BCUT2D eigenvalue weighted by atomic mass is 10.2. The summed E-state index contributed by atoms with van der Waals surface area (Å²) in [7, 11) is 0. The Morgan fingerprint density at radius 1 is 1.33 bits per heavy atom. The number of ether oxygens (including phenoxy) is 1. The SMILES string of the molecule is Cc1c(C(=O)Nc2ccc(OCCO)cc2)cnn1C1CCCC1. The molecule has 1 fully saturated rings. The van der Waals surface area contributed by atoms with Gasteiger partial charge in [-0.15, -0.1) is 0 Å². The summed E-state index contributed by atoms with van der Waals surface area (Å²) in [6, 6.07) is 7.51. The van der Waals surface area contributed by atoms with E-state index in [1.165, 1.54) is 12.8 Å². The minimum absolute atomic E-state index is 0.0251. The van der Waals surface area contributed by atoms with Gasteiger partial charge in [-0.3, -0.25) is 9.48 Å². The molecule has 1 aliphatic rings. The molecule has 1 aliphatic carbocycles. The predicted octanol–water partition coefficient (Wildman–Crippen LogP) is 2.93. The third-order valence-electron chi connectivity index (χ3n) is 4.43. The summed E-state index contributed by atoms with van der Waals surface area (Å²) < 4.78 is 7.30. The number of benzene rings is 1. The number of aromatic nitrogens is 2. The molecule has 0 radical (unpaired) electrons. The van der Waals surface area contributed by atoms with Gasteiger partial charge in [0.05, 0.1) is 24.4 Å². The highest BCUT2D eigenvalue weighted by Crippen LogP contribution is 2.30. The van der Waals surface area contributed by atoms with E-state index in [2.05, 4.69) is 10.4 Å². The largest absolute Gasteiger partial charge is 0.491 e. The van der Waals surface area contributed by atoms with Gasteiger partial charge in [-0.05, 0) is 44.0 Å². The molecule has 0 bridgehead atoms. The normalized spacial score (nSPS) is 14.8. The molecule has 1 aromatic heterocycles. The summed E-state index contributed by atoms with van der Waals surface area (Å²) >= 11 is 0. The average Bonchev–Trinajstić information content (AvgIpc) is 3.23. The molecular formula is C18H23N3O3. The number of nitrogens with zero attached hydrogens (tertiary/aromatic N) is 2. The Hall–Kier alpha value is -2.34. The fourth-order valence-electron chi connectivity index (χ4n) is 3.16. The molecule has 0 spiro atoms. The number of aliphatic hydroxyl groups excluding tert-OH is 1. The van der Waals surface area contributed by atoms with Gasteiger partial charge in [0.1, 0.15) is 12.4 Å². The van der Waals surface area contributed by atoms with Crippen molar-refractivity contribution in [3.8, 4) is 5.75 Å². The first-order valence-corrected chi connectivity index (χ1v) is 8.38. The maximum Gasteiger partial charge on any atom is 0.259 e. The van der Waals surface area contributed by atoms with Crippen LogP contribution >= 0.6 is 0 Å². The number of carbonyl (C=O) groups is 1. The Morgan fingerprint density at radius 3 is 2.71 bits per heavy atom. The minimum atomic E-state index is -0.152. The Morgan fingerprint density at radius 2 is 2.04 bits per heavy atom. The molecular weight excluding hydrogens is 306 g/mol. The summed E-state index contributed by atoms with van der Waals surface area (Å²) in [5.74, 6) is 0.507. The number of anilines is 1. The van der Waals surface area contributed by atoms with E-state index >= 15 is 0 Å². The van der Waals surface area contributed by atoms with Crippen molar-refractivity contribution in [2.45, 2.75) is 38.6 Å². The zero-order chi connectivity index (χ0) is 16.9. The number of carbonyl (C=O) groups excluding carboxylic acids is 1. The summed E-state index contributed by atoms with van der Waals surface area (Å²) in [5, 5.41) is 16.1. The molecule has 1 aromatic carbocycles. The minimum Gasteiger partial charge on any atom is -0.491 e. The van der Waals surface area contributed by atoms with E-state index in [0.29, 0.717) is 23.0 Å². The lowest BCUT2D eigenvalue weighted by molar-refractivity contribution is 0.102. The van der Waals surface area contributed by atoms with Crippen LogP contribution in [0.5, 0.6) is 5.75 Å². The Labute approximate surface area is 141 Å². The number of hydrogen-bond donors (Lipinski definition) is 2. The van der Waals surface area contributed by atoms with E-state index in [0.717, 1.165) is 18.5 Å². The summed E-state index contributed by atoms with van der Waals surface area (Å²) in [4.78, 5) is 12.5. The van der Waals surface area contributed by atoms with E-state index in [1.807, 2.05) is 11.6 Å². The van der Waals surface area contributed by atoms with Crippen molar-refractivity contribution in [3.05, 3.63) is 41.7 Å². The van der Waals surface area contributed by atoms with Crippen LogP contribution in [0.15, 0.2) is 30.5 Å². The number of aliphatic hydroxyl groups is 1. The highest BCUT2D eigenvalue weighted by Gasteiger charge is 2.22.